The van der Waals surface area contributed by atoms with Gasteiger partial charge in [0.25, 0.3) is 0 Å². The zero-order valence-electron chi connectivity index (χ0n) is 14.6. The van der Waals surface area contributed by atoms with E-state index in [4.69, 9.17) is 35.4 Å². The molecule has 0 saturated carbocycles. The Morgan fingerprint density at radius 3 is 2.56 bits per heavy atom. The van der Waals surface area contributed by atoms with E-state index >= 15 is 0 Å². The molecule has 0 saturated heterocycles. The molecule has 0 radical (unpaired) electrons. The molecule has 0 atom stereocenters. The molecule has 0 aliphatic carbocycles. The number of thiocarbonyl (C=S) groups is 1. The van der Waals surface area contributed by atoms with Crippen LogP contribution in [-0.4, -0.2) is 26.7 Å². The first-order valence-electron chi connectivity index (χ1n) is 8.48. The number of anilines is 1. The Morgan fingerprint density at radius 2 is 1.85 bits per heavy atom. The lowest BCUT2D eigenvalue weighted by molar-refractivity contribution is 0.476. The molecule has 3 aromatic rings. The van der Waals surface area contributed by atoms with Gasteiger partial charge in [-0.05, 0) is 54.0 Å². The summed E-state index contributed by atoms with van der Waals surface area (Å²) in [5, 5.41) is 16.8. The quantitative estimate of drug-likeness (QED) is 0.379. The van der Waals surface area contributed by atoms with Crippen molar-refractivity contribution in [1.82, 2.24) is 15.3 Å². The SMILES string of the molecule is CCCCNC(=S)Nc1cnc2ccc(-c3cc(Cl)c(O)c(Cl)c3)cc2n1. The summed E-state index contributed by atoms with van der Waals surface area (Å²) < 4.78 is 0. The third kappa shape index (κ3) is 4.77. The fraction of sp³-hybridized carbons (Fsp3) is 0.211. The average molecular weight is 421 g/mol. The molecule has 0 bridgehead atoms. The van der Waals surface area contributed by atoms with Crippen LogP contribution in [0.1, 0.15) is 19.8 Å². The highest BCUT2D eigenvalue weighted by molar-refractivity contribution is 7.80. The molecule has 0 aliphatic heterocycles. The number of phenols is 1. The molecule has 3 N–H and O–H groups in total. The molecule has 8 heteroatoms. The normalized spacial score (nSPS) is 10.8. The van der Waals surface area contributed by atoms with Crippen molar-refractivity contribution in [2.75, 3.05) is 11.9 Å². The van der Waals surface area contributed by atoms with Crippen molar-refractivity contribution in [2.24, 2.45) is 0 Å². The highest BCUT2D eigenvalue weighted by Crippen LogP contribution is 2.36. The van der Waals surface area contributed by atoms with Gasteiger partial charge in [0, 0.05) is 6.54 Å². The number of nitrogens with one attached hydrogen (secondary N) is 2. The third-order valence-electron chi connectivity index (χ3n) is 3.95. The Labute approximate surface area is 172 Å². The molecular formula is C19H18Cl2N4OS. The molecule has 0 aliphatic rings. The summed E-state index contributed by atoms with van der Waals surface area (Å²) in [6.45, 7) is 2.94. The number of rotatable bonds is 5. The summed E-state index contributed by atoms with van der Waals surface area (Å²) in [5.74, 6) is 0.439. The summed E-state index contributed by atoms with van der Waals surface area (Å²) in [6, 6.07) is 8.98. The first-order valence-corrected chi connectivity index (χ1v) is 9.64. The van der Waals surface area contributed by atoms with Gasteiger partial charge in [-0.2, -0.15) is 0 Å². The molecule has 1 aromatic heterocycles. The molecule has 0 spiro atoms. The van der Waals surface area contributed by atoms with Crippen molar-refractivity contribution in [3.63, 3.8) is 0 Å². The Balaban J connectivity index is 1.87. The highest BCUT2D eigenvalue weighted by atomic mass is 35.5. The van der Waals surface area contributed by atoms with Crippen molar-refractivity contribution in [2.45, 2.75) is 19.8 Å². The fourth-order valence-electron chi connectivity index (χ4n) is 2.52. The lowest BCUT2D eigenvalue weighted by Gasteiger charge is -2.10. The molecule has 1 heterocycles. The Bertz CT molecular complexity index is 974. The molecule has 27 heavy (non-hydrogen) atoms. The van der Waals surface area contributed by atoms with Gasteiger partial charge in [-0.15, -0.1) is 0 Å². The number of unbranched alkanes of at least 4 members (excludes halogenated alkanes) is 1. The van der Waals surface area contributed by atoms with Crippen LogP contribution in [0.25, 0.3) is 22.2 Å². The second-order valence-electron chi connectivity index (χ2n) is 5.98. The van der Waals surface area contributed by atoms with E-state index in [9.17, 15) is 5.11 Å². The van der Waals surface area contributed by atoms with E-state index in [1.807, 2.05) is 18.2 Å². The largest absolute Gasteiger partial charge is 0.505 e. The molecule has 140 valence electrons. The van der Waals surface area contributed by atoms with Crippen LogP contribution >= 0.6 is 35.4 Å². The van der Waals surface area contributed by atoms with E-state index in [1.54, 1.807) is 18.3 Å². The van der Waals surface area contributed by atoms with Gasteiger partial charge in [-0.3, -0.25) is 4.98 Å². The highest BCUT2D eigenvalue weighted by Gasteiger charge is 2.10. The minimum Gasteiger partial charge on any atom is -0.505 e. The second-order valence-corrected chi connectivity index (χ2v) is 7.20. The van der Waals surface area contributed by atoms with Crippen molar-refractivity contribution >= 4 is 57.4 Å². The van der Waals surface area contributed by atoms with Gasteiger partial charge < -0.3 is 15.7 Å². The molecule has 0 fully saturated rings. The number of phenolic OH excluding ortho intramolecular Hbond substituents is 1. The van der Waals surface area contributed by atoms with Gasteiger partial charge in [-0.25, -0.2) is 4.98 Å². The lowest BCUT2D eigenvalue weighted by atomic mass is 10.0. The van der Waals surface area contributed by atoms with Crippen molar-refractivity contribution in [3.05, 3.63) is 46.6 Å². The van der Waals surface area contributed by atoms with Gasteiger partial charge in [0.1, 0.15) is 0 Å². The lowest BCUT2D eigenvalue weighted by Crippen LogP contribution is -2.29. The van der Waals surface area contributed by atoms with E-state index in [-0.39, 0.29) is 15.8 Å². The van der Waals surface area contributed by atoms with Crippen molar-refractivity contribution in [1.29, 1.82) is 0 Å². The Morgan fingerprint density at radius 1 is 1.11 bits per heavy atom. The number of fused-ring (bicyclic) bond motifs is 1. The van der Waals surface area contributed by atoms with E-state index in [0.717, 1.165) is 36.0 Å². The van der Waals surface area contributed by atoms with Crippen LogP contribution in [-0.2, 0) is 0 Å². The second kappa shape index (κ2) is 8.69. The van der Waals surface area contributed by atoms with Crippen LogP contribution in [0.2, 0.25) is 10.0 Å². The van der Waals surface area contributed by atoms with Crippen molar-refractivity contribution in [3.8, 4) is 16.9 Å². The predicted molar refractivity (Wildman–Crippen MR) is 116 cm³/mol. The predicted octanol–water partition coefficient (Wildman–Crippen LogP) is 5.40. The Kier molecular flexibility index (Phi) is 6.31. The standard InChI is InChI=1S/C19H18Cl2N4OS/c1-2-3-6-22-19(27)25-17-10-23-15-5-4-11(9-16(15)24-17)12-7-13(20)18(26)14(21)8-12/h4-5,7-10,26H,2-3,6H2,1H3,(H2,22,24,25,27). The zero-order chi connectivity index (χ0) is 19.4. The van der Waals surface area contributed by atoms with Gasteiger partial charge in [-0.1, -0.05) is 42.6 Å². The maximum atomic E-state index is 9.73. The Hall–Kier alpha value is -2.15. The van der Waals surface area contributed by atoms with Crippen molar-refractivity contribution < 1.29 is 5.11 Å². The fourth-order valence-corrected chi connectivity index (χ4v) is 3.22. The van der Waals surface area contributed by atoms with E-state index < -0.39 is 0 Å². The molecule has 3 rings (SSSR count). The monoisotopic (exact) mass is 420 g/mol. The van der Waals surface area contributed by atoms with E-state index in [1.165, 1.54) is 0 Å². The number of halogens is 2. The molecule has 2 aromatic carbocycles. The van der Waals surface area contributed by atoms with Gasteiger partial charge in [0.2, 0.25) is 0 Å². The first kappa shape index (κ1) is 19.6. The average Bonchev–Trinajstić information content (AvgIpc) is 2.65. The smallest absolute Gasteiger partial charge is 0.171 e. The summed E-state index contributed by atoms with van der Waals surface area (Å²) >= 11 is 17.3. The number of hydrogen-bond donors (Lipinski definition) is 3. The number of hydrogen-bond acceptors (Lipinski definition) is 4. The molecular weight excluding hydrogens is 403 g/mol. The number of aromatic nitrogens is 2. The van der Waals surface area contributed by atoms with Gasteiger partial charge >= 0.3 is 0 Å². The minimum absolute atomic E-state index is 0.127. The van der Waals surface area contributed by atoms with E-state index in [0.29, 0.717) is 16.4 Å². The van der Waals surface area contributed by atoms with Crippen LogP contribution in [0.5, 0.6) is 5.75 Å². The van der Waals surface area contributed by atoms with Crippen LogP contribution in [0.15, 0.2) is 36.5 Å². The summed E-state index contributed by atoms with van der Waals surface area (Å²) in [7, 11) is 0. The number of benzene rings is 2. The maximum absolute atomic E-state index is 9.73. The minimum atomic E-state index is -0.127. The van der Waals surface area contributed by atoms with Crippen LogP contribution in [0.3, 0.4) is 0 Å². The number of aromatic hydroxyl groups is 1. The molecule has 5 nitrogen and oxygen atoms in total. The van der Waals surface area contributed by atoms with Crippen LogP contribution in [0, 0.1) is 0 Å². The first-order chi connectivity index (χ1) is 13.0. The zero-order valence-corrected chi connectivity index (χ0v) is 16.9. The summed E-state index contributed by atoms with van der Waals surface area (Å²) in [5.41, 5.74) is 3.10. The van der Waals surface area contributed by atoms with Crippen LogP contribution < -0.4 is 10.6 Å². The van der Waals surface area contributed by atoms with Crippen LogP contribution in [0.4, 0.5) is 5.82 Å². The summed E-state index contributed by atoms with van der Waals surface area (Å²) in [6.07, 6.45) is 3.79. The maximum Gasteiger partial charge on any atom is 0.171 e. The van der Waals surface area contributed by atoms with Gasteiger partial charge in [0.15, 0.2) is 16.7 Å². The van der Waals surface area contributed by atoms with E-state index in [2.05, 4.69) is 27.5 Å². The molecule has 0 amide bonds. The molecule has 0 unspecified atom stereocenters. The summed E-state index contributed by atoms with van der Waals surface area (Å²) in [4.78, 5) is 8.99. The topological polar surface area (TPSA) is 70.1 Å². The number of nitrogens with zero attached hydrogens (tertiary/aromatic N) is 2. The third-order valence-corrected chi connectivity index (χ3v) is 4.77. The van der Waals surface area contributed by atoms with Gasteiger partial charge in [0.05, 0.1) is 27.3 Å².